The van der Waals surface area contributed by atoms with Crippen LogP contribution in [0, 0.1) is 11.8 Å². The maximum atomic E-state index is 14.8. The van der Waals surface area contributed by atoms with Gasteiger partial charge in [0.2, 0.25) is 29.5 Å². The summed E-state index contributed by atoms with van der Waals surface area (Å²) in [5.41, 5.74) is 2.92. The van der Waals surface area contributed by atoms with Crippen molar-refractivity contribution in [2.24, 2.45) is 11.8 Å². The number of carboxylic acids is 1. The third-order valence-electron chi connectivity index (χ3n) is 11.6. The Hall–Kier alpha value is -6.42. The minimum absolute atomic E-state index is 0.00688. The molecule has 17 heteroatoms. The number of hydrogen-bond donors (Lipinski definition) is 8. The topological polar surface area (TPSA) is 231 Å². The number of carbonyl (C=O) groups is 7. The van der Waals surface area contributed by atoms with Crippen LogP contribution in [0.5, 0.6) is 0 Å². The predicted octanol–water partition coefficient (Wildman–Crippen LogP) is 4.64. The molecule has 2 heterocycles. The van der Waals surface area contributed by atoms with Crippen molar-refractivity contribution in [1.29, 1.82) is 0 Å². The number of rotatable bonds is 13. The molecular formula is C49H63ClN8O8. The fraction of sp³-hybridized carbons (Fsp3) is 0.449. The highest BCUT2D eigenvalue weighted by atomic mass is 35.5. The Morgan fingerprint density at radius 1 is 0.758 bits per heavy atom. The SMILES string of the molecule is CC(C)CC1NC(=O)C(NC(=O)NC(Cc2ccccc2)C(=O)O)CCCCNC(=O)C(Cc2ccccc2)NC(=O)C(Cc2c[nH]c3cc(Cl)ccc23)N(C)C(=O)C(CC(C)C)NC1=O. The molecule has 354 valence electrons. The van der Waals surface area contributed by atoms with Gasteiger partial charge in [-0.15, -0.1) is 0 Å². The van der Waals surface area contributed by atoms with Gasteiger partial charge in [-0.2, -0.15) is 0 Å². The number of carbonyl (C=O) groups excluding carboxylic acids is 6. The van der Waals surface area contributed by atoms with Crippen molar-refractivity contribution in [3.63, 3.8) is 0 Å². The number of nitrogens with zero attached hydrogens (tertiary/aromatic N) is 1. The van der Waals surface area contributed by atoms with Gasteiger partial charge in [0.15, 0.2) is 0 Å². The lowest BCUT2D eigenvalue weighted by atomic mass is 9.97. The Labute approximate surface area is 390 Å². The van der Waals surface area contributed by atoms with E-state index in [-0.39, 0.29) is 56.9 Å². The number of carboxylic acid groups (broad SMARTS) is 1. The number of urea groups is 1. The average Bonchev–Trinajstić information content (AvgIpc) is 3.67. The maximum absolute atomic E-state index is 14.8. The number of amides is 7. The van der Waals surface area contributed by atoms with E-state index in [1.807, 2.05) is 64.1 Å². The van der Waals surface area contributed by atoms with E-state index in [1.54, 1.807) is 48.7 Å². The first-order chi connectivity index (χ1) is 31.5. The van der Waals surface area contributed by atoms with Crippen LogP contribution in [0.4, 0.5) is 4.79 Å². The summed E-state index contributed by atoms with van der Waals surface area (Å²) < 4.78 is 0. The molecule has 1 aromatic heterocycles. The number of nitrogens with one attached hydrogen (secondary N) is 7. The summed E-state index contributed by atoms with van der Waals surface area (Å²) in [6.07, 6.45) is 3.03. The van der Waals surface area contributed by atoms with Crippen molar-refractivity contribution < 1.29 is 38.7 Å². The largest absolute Gasteiger partial charge is 0.480 e. The fourth-order valence-corrected chi connectivity index (χ4v) is 8.27. The van der Waals surface area contributed by atoms with Crippen LogP contribution in [0.15, 0.2) is 85.1 Å². The predicted molar refractivity (Wildman–Crippen MR) is 252 cm³/mol. The van der Waals surface area contributed by atoms with Crippen LogP contribution in [0.2, 0.25) is 5.02 Å². The number of aromatic nitrogens is 1. The number of likely N-dealkylation sites (N-methyl/N-ethyl adjacent to an activating group) is 1. The molecule has 66 heavy (non-hydrogen) atoms. The Bertz CT molecular complexity index is 2310. The molecule has 1 fully saturated rings. The summed E-state index contributed by atoms with van der Waals surface area (Å²) in [4.78, 5) is 102. The molecule has 3 aromatic carbocycles. The van der Waals surface area contributed by atoms with Crippen LogP contribution in [0.1, 0.15) is 76.5 Å². The van der Waals surface area contributed by atoms with Crippen molar-refractivity contribution >= 4 is 64.0 Å². The standard InChI is InChI=1S/C49H63ClN8O8/c1-29(2)22-38-45(61)55-40(23-30(3)4)47(63)58(5)42(26-33-28-52-37-27-34(50)19-20-35(33)37)46(62)54-39(24-31-14-8-6-9-15-31)43(59)51-21-13-12-18-36(44(60)53-38)56-49(66)57-41(48(64)65)25-32-16-10-7-11-17-32/h6-11,14-17,19-20,27-30,36,38-42,52H,12-13,18,21-26H2,1-5H3,(H,51,59)(H,53,60)(H,54,62)(H,55,61)(H,64,65)(H2,56,57,66). The van der Waals surface area contributed by atoms with Gasteiger partial charge in [0.05, 0.1) is 0 Å². The summed E-state index contributed by atoms with van der Waals surface area (Å²) in [6, 6.07) is 15.4. The third-order valence-corrected chi connectivity index (χ3v) is 11.8. The van der Waals surface area contributed by atoms with Gasteiger partial charge in [-0.25, -0.2) is 9.59 Å². The molecule has 5 rings (SSSR count). The van der Waals surface area contributed by atoms with E-state index < -0.39 is 77.8 Å². The molecule has 1 aliphatic heterocycles. The molecule has 1 aliphatic rings. The van der Waals surface area contributed by atoms with Gasteiger partial charge < -0.3 is 46.9 Å². The molecule has 8 N–H and O–H groups in total. The van der Waals surface area contributed by atoms with Gasteiger partial charge in [0.25, 0.3) is 0 Å². The van der Waals surface area contributed by atoms with Crippen molar-refractivity contribution in [2.75, 3.05) is 13.6 Å². The first-order valence-electron chi connectivity index (χ1n) is 22.6. The molecule has 1 saturated heterocycles. The highest BCUT2D eigenvalue weighted by Gasteiger charge is 2.37. The molecule has 0 spiro atoms. The van der Waals surface area contributed by atoms with Gasteiger partial charge >= 0.3 is 12.0 Å². The number of halogens is 1. The van der Waals surface area contributed by atoms with Crippen molar-refractivity contribution in [3.8, 4) is 0 Å². The second kappa shape index (κ2) is 24.2. The van der Waals surface area contributed by atoms with Crippen LogP contribution in [0.3, 0.4) is 0 Å². The number of H-pyrrole nitrogens is 1. The Balaban J connectivity index is 1.48. The summed E-state index contributed by atoms with van der Waals surface area (Å²) in [5, 5.41) is 27.9. The number of benzene rings is 3. The number of fused-ring (bicyclic) bond motifs is 1. The lowest BCUT2D eigenvalue weighted by molar-refractivity contribution is -0.143. The van der Waals surface area contributed by atoms with Crippen LogP contribution in [-0.4, -0.2) is 106 Å². The van der Waals surface area contributed by atoms with Crippen molar-refractivity contribution in [3.05, 3.63) is 107 Å². The Morgan fingerprint density at radius 2 is 1.38 bits per heavy atom. The highest BCUT2D eigenvalue weighted by Crippen LogP contribution is 2.25. The second-order valence-corrected chi connectivity index (χ2v) is 18.3. The second-order valence-electron chi connectivity index (χ2n) is 17.8. The molecule has 6 unspecified atom stereocenters. The smallest absolute Gasteiger partial charge is 0.326 e. The van der Waals surface area contributed by atoms with Gasteiger partial charge in [0.1, 0.15) is 36.3 Å². The number of aliphatic carboxylic acids is 1. The molecule has 7 amide bonds. The number of aromatic amines is 1. The molecule has 6 atom stereocenters. The van der Waals surface area contributed by atoms with E-state index in [2.05, 4.69) is 36.9 Å². The monoisotopic (exact) mass is 926 g/mol. The zero-order valence-electron chi connectivity index (χ0n) is 38.2. The van der Waals surface area contributed by atoms with Crippen molar-refractivity contribution in [1.82, 2.24) is 41.8 Å². The van der Waals surface area contributed by atoms with E-state index in [0.29, 0.717) is 23.4 Å². The number of hydrogen-bond acceptors (Lipinski definition) is 7. The normalized spacial score (nSPS) is 21.2. The molecule has 0 saturated carbocycles. The Morgan fingerprint density at radius 3 is 2.03 bits per heavy atom. The summed E-state index contributed by atoms with van der Waals surface area (Å²) in [5.74, 6) is -4.39. The lowest BCUT2D eigenvalue weighted by Gasteiger charge is -2.33. The molecule has 4 aromatic rings. The summed E-state index contributed by atoms with van der Waals surface area (Å²) in [7, 11) is 1.50. The van der Waals surface area contributed by atoms with Gasteiger partial charge in [-0.3, -0.25) is 24.0 Å². The van der Waals surface area contributed by atoms with Crippen LogP contribution < -0.4 is 31.9 Å². The van der Waals surface area contributed by atoms with E-state index in [1.165, 1.54) is 11.9 Å². The summed E-state index contributed by atoms with van der Waals surface area (Å²) >= 11 is 6.28. The van der Waals surface area contributed by atoms with E-state index in [9.17, 15) is 38.7 Å². The van der Waals surface area contributed by atoms with Crippen LogP contribution >= 0.6 is 11.6 Å². The van der Waals surface area contributed by atoms with E-state index in [0.717, 1.165) is 22.0 Å². The van der Waals surface area contributed by atoms with Gasteiger partial charge in [0, 0.05) is 55.0 Å². The Kier molecular flexibility index (Phi) is 18.5. The highest BCUT2D eigenvalue weighted by molar-refractivity contribution is 6.31. The summed E-state index contributed by atoms with van der Waals surface area (Å²) in [6.45, 7) is 7.69. The fourth-order valence-electron chi connectivity index (χ4n) is 8.09. The molecule has 0 radical (unpaired) electrons. The zero-order chi connectivity index (χ0) is 47.9. The minimum atomic E-state index is -1.31. The first kappa shape index (κ1) is 50.6. The van der Waals surface area contributed by atoms with Gasteiger partial charge in [-0.1, -0.05) is 106 Å². The molecule has 0 bridgehead atoms. The minimum Gasteiger partial charge on any atom is -0.480 e. The third kappa shape index (κ3) is 14.8. The molecule has 0 aliphatic carbocycles. The van der Waals surface area contributed by atoms with Crippen LogP contribution in [-0.2, 0) is 48.0 Å². The van der Waals surface area contributed by atoms with Crippen LogP contribution in [0.25, 0.3) is 10.9 Å². The lowest BCUT2D eigenvalue weighted by Crippen LogP contribution is -2.60. The van der Waals surface area contributed by atoms with E-state index >= 15 is 0 Å². The first-order valence-corrected chi connectivity index (χ1v) is 23.0. The average molecular weight is 928 g/mol. The molecule has 16 nitrogen and oxygen atoms in total. The van der Waals surface area contributed by atoms with E-state index in [4.69, 9.17) is 11.6 Å². The quantitative estimate of drug-likeness (QED) is 0.0940. The van der Waals surface area contributed by atoms with Gasteiger partial charge in [-0.05, 0) is 72.8 Å². The maximum Gasteiger partial charge on any atom is 0.326 e. The molecular weight excluding hydrogens is 864 g/mol. The van der Waals surface area contributed by atoms with Crippen molar-refractivity contribution in [2.45, 2.75) is 115 Å². The zero-order valence-corrected chi connectivity index (χ0v) is 39.0.